The first kappa shape index (κ1) is 21.4. The number of aliphatic carboxylic acids is 1. The standard InChI is InChI=1S/C27H26N2O3/c1-2-6-23(16-27(30)31)22-11-13-25(14-12-22)32-19-21-9-10-24-17-28-29(26(24)15-21)18-20-7-4-3-5-8-20/h2-15,17,23H,16,18-19H2,1H3,(H,30,31)/t23-/m1/s1. The summed E-state index contributed by atoms with van der Waals surface area (Å²) in [5, 5.41) is 14.8. The van der Waals surface area contributed by atoms with E-state index in [1.54, 1.807) is 0 Å². The van der Waals surface area contributed by atoms with E-state index >= 15 is 0 Å². The Kier molecular flexibility index (Phi) is 6.66. The molecule has 0 radical (unpaired) electrons. The number of carbonyl (C=O) groups is 1. The minimum atomic E-state index is -0.810. The highest BCUT2D eigenvalue weighted by molar-refractivity contribution is 5.79. The van der Waals surface area contributed by atoms with Crippen LogP contribution in [-0.4, -0.2) is 20.9 Å². The van der Waals surface area contributed by atoms with Crippen LogP contribution in [0.4, 0.5) is 0 Å². The Balaban J connectivity index is 1.44. The van der Waals surface area contributed by atoms with E-state index < -0.39 is 5.97 Å². The number of nitrogens with zero attached hydrogens (tertiary/aromatic N) is 2. The summed E-state index contributed by atoms with van der Waals surface area (Å²) in [6.45, 7) is 3.06. The quantitative estimate of drug-likeness (QED) is 0.344. The number of hydrogen-bond donors (Lipinski definition) is 1. The molecule has 1 heterocycles. The molecule has 4 aromatic rings. The second kappa shape index (κ2) is 9.96. The molecule has 0 fully saturated rings. The Labute approximate surface area is 187 Å². The summed E-state index contributed by atoms with van der Waals surface area (Å²) in [6, 6.07) is 24.2. The highest BCUT2D eigenvalue weighted by Crippen LogP contribution is 2.25. The van der Waals surface area contributed by atoms with E-state index in [1.807, 2.05) is 72.4 Å². The van der Waals surface area contributed by atoms with Gasteiger partial charge in [-0.05, 0) is 41.8 Å². The molecule has 5 heteroatoms. The monoisotopic (exact) mass is 426 g/mol. The molecule has 3 aromatic carbocycles. The van der Waals surface area contributed by atoms with Gasteiger partial charge in [0.15, 0.2) is 0 Å². The molecule has 162 valence electrons. The summed E-state index contributed by atoms with van der Waals surface area (Å²) >= 11 is 0. The molecule has 0 amide bonds. The number of fused-ring (bicyclic) bond motifs is 1. The highest BCUT2D eigenvalue weighted by atomic mass is 16.5. The van der Waals surface area contributed by atoms with Gasteiger partial charge in [-0.2, -0.15) is 5.10 Å². The SMILES string of the molecule is CC=C[C@H](CC(=O)O)c1ccc(OCc2ccc3cnn(Cc4ccccc4)c3c2)cc1. The van der Waals surface area contributed by atoms with Crippen LogP contribution in [0.3, 0.4) is 0 Å². The third kappa shape index (κ3) is 5.24. The summed E-state index contributed by atoms with van der Waals surface area (Å²) < 4.78 is 7.99. The zero-order valence-corrected chi connectivity index (χ0v) is 18.0. The first-order chi connectivity index (χ1) is 15.6. The van der Waals surface area contributed by atoms with Crippen molar-refractivity contribution in [2.45, 2.75) is 32.4 Å². The summed E-state index contributed by atoms with van der Waals surface area (Å²) in [4.78, 5) is 11.1. The van der Waals surface area contributed by atoms with Crippen LogP contribution >= 0.6 is 0 Å². The van der Waals surface area contributed by atoms with Gasteiger partial charge in [0.2, 0.25) is 0 Å². The third-order valence-electron chi connectivity index (χ3n) is 5.42. The van der Waals surface area contributed by atoms with Crippen LogP contribution in [0.15, 0.2) is 91.1 Å². The van der Waals surface area contributed by atoms with Crippen molar-refractivity contribution in [1.29, 1.82) is 0 Å². The van der Waals surface area contributed by atoms with Crippen LogP contribution in [0, 0.1) is 0 Å². The highest BCUT2D eigenvalue weighted by Gasteiger charge is 2.12. The topological polar surface area (TPSA) is 64.3 Å². The Hall–Kier alpha value is -3.86. The van der Waals surface area contributed by atoms with Gasteiger partial charge in [-0.25, -0.2) is 0 Å². The number of ether oxygens (including phenoxy) is 1. The lowest BCUT2D eigenvalue weighted by molar-refractivity contribution is -0.137. The van der Waals surface area contributed by atoms with Crippen LogP contribution in [0.5, 0.6) is 5.75 Å². The largest absolute Gasteiger partial charge is 0.489 e. The fraction of sp³-hybridized carbons (Fsp3) is 0.185. The van der Waals surface area contributed by atoms with Gasteiger partial charge in [-0.1, -0.05) is 66.7 Å². The lowest BCUT2D eigenvalue weighted by Gasteiger charge is -2.12. The molecule has 0 aliphatic carbocycles. The van der Waals surface area contributed by atoms with Crippen molar-refractivity contribution in [3.63, 3.8) is 0 Å². The molecule has 1 atom stereocenters. The molecule has 1 aromatic heterocycles. The van der Waals surface area contributed by atoms with E-state index in [9.17, 15) is 4.79 Å². The molecule has 0 saturated heterocycles. The van der Waals surface area contributed by atoms with Gasteiger partial charge in [-0.3, -0.25) is 9.48 Å². The number of aromatic nitrogens is 2. The number of allylic oxidation sites excluding steroid dienone is 2. The molecule has 4 rings (SSSR count). The summed E-state index contributed by atoms with van der Waals surface area (Å²) in [6.07, 6.45) is 5.76. The van der Waals surface area contributed by atoms with Crippen molar-refractivity contribution in [3.8, 4) is 5.75 Å². The van der Waals surface area contributed by atoms with Crippen molar-refractivity contribution < 1.29 is 14.6 Å². The normalized spacial score (nSPS) is 12.3. The molecule has 0 spiro atoms. The molecule has 5 nitrogen and oxygen atoms in total. The molecule has 0 unspecified atom stereocenters. The van der Waals surface area contributed by atoms with Crippen LogP contribution < -0.4 is 4.74 Å². The molecule has 0 aliphatic rings. The molecular weight excluding hydrogens is 400 g/mol. The molecule has 0 bridgehead atoms. The van der Waals surface area contributed by atoms with Crippen molar-refractivity contribution in [1.82, 2.24) is 9.78 Å². The minimum absolute atomic E-state index is 0.0707. The number of carboxylic acid groups (broad SMARTS) is 1. The second-order valence-corrected chi connectivity index (χ2v) is 7.77. The van der Waals surface area contributed by atoms with Crippen LogP contribution in [-0.2, 0) is 17.9 Å². The predicted octanol–water partition coefficient (Wildman–Crippen LogP) is 5.80. The van der Waals surface area contributed by atoms with E-state index in [2.05, 4.69) is 35.4 Å². The fourth-order valence-corrected chi connectivity index (χ4v) is 3.78. The molecule has 0 aliphatic heterocycles. The van der Waals surface area contributed by atoms with E-state index in [0.29, 0.717) is 6.61 Å². The van der Waals surface area contributed by atoms with Gasteiger partial charge >= 0.3 is 5.97 Å². The second-order valence-electron chi connectivity index (χ2n) is 7.77. The van der Waals surface area contributed by atoms with Crippen molar-refractivity contribution in [3.05, 3.63) is 108 Å². The van der Waals surface area contributed by atoms with Gasteiger partial charge in [-0.15, -0.1) is 0 Å². The van der Waals surface area contributed by atoms with E-state index in [0.717, 1.165) is 34.3 Å². The molecule has 1 N–H and O–H groups in total. The van der Waals surface area contributed by atoms with Crippen molar-refractivity contribution in [2.24, 2.45) is 0 Å². The first-order valence-corrected chi connectivity index (χ1v) is 10.7. The maximum absolute atomic E-state index is 11.1. The lowest BCUT2D eigenvalue weighted by Crippen LogP contribution is -2.04. The van der Waals surface area contributed by atoms with E-state index in [-0.39, 0.29) is 12.3 Å². The number of carboxylic acids is 1. The van der Waals surface area contributed by atoms with Crippen LogP contribution in [0.25, 0.3) is 10.9 Å². The third-order valence-corrected chi connectivity index (χ3v) is 5.42. The van der Waals surface area contributed by atoms with Crippen molar-refractivity contribution in [2.75, 3.05) is 0 Å². The average molecular weight is 427 g/mol. The van der Waals surface area contributed by atoms with Gasteiger partial charge in [0, 0.05) is 11.3 Å². The number of hydrogen-bond acceptors (Lipinski definition) is 3. The number of benzene rings is 3. The molecule has 32 heavy (non-hydrogen) atoms. The van der Waals surface area contributed by atoms with Gasteiger partial charge < -0.3 is 9.84 Å². The summed E-state index contributed by atoms with van der Waals surface area (Å²) in [5.41, 5.74) is 4.31. The fourth-order valence-electron chi connectivity index (χ4n) is 3.78. The minimum Gasteiger partial charge on any atom is -0.489 e. The maximum atomic E-state index is 11.1. The van der Waals surface area contributed by atoms with E-state index in [4.69, 9.17) is 9.84 Å². The summed E-state index contributed by atoms with van der Waals surface area (Å²) in [5.74, 6) is -0.199. The van der Waals surface area contributed by atoms with Gasteiger partial charge in [0.25, 0.3) is 0 Å². The van der Waals surface area contributed by atoms with Gasteiger partial charge in [0.05, 0.1) is 24.7 Å². The van der Waals surface area contributed by atoms with Crippen LogP contribution in [0.1, 0.15) is 36.0 Å². The Morgan fingerprint density at radius 1 is 1.06 bits per heavy atom. The van der Waals surface area contributed by atoms with Gasteiger partial charge in [0.1, 0.15) is 12.4 Å². The predicted molar refractivity (Wildman–Crippen MR) is 126 cm³/mol. The Morgan fingerprint density at radius 3 is 2.56 bits per heavy atom. The van der Waals surface area contributed by atoms with E-state index in [1.165, 1.54) is 5.56 Å². The molecule has 0 saturated carbocycles. The van der Waals surface area contributed by atoms with Crippen molar-refractivity contribution >= 4 is 16.9 Å². The lowest BCUT2D eigenvalue weighted by atomic mass is 9.95. The smallest absolute Gasteiger partial charge is 0.304 e. The average Bonchev–Trinajstić information content (AvgIpc) is 3.20. The first-order valence-electron chi connectivity index (χ1n) is 10.7. The Morgan fingerprint density at radius 2 is 1.84 bits per heavy atom. The number of rotatable bonds is 9. The Bertz CT molecular complexity index is 1210. The zero-order chi connectivity index (χ0) is 22.3. The zero-order valence-electron chi connectivity index (χ0n) is 18.0. The maximum Gasteiger partial charge on any atom is 0.304 e. The summed E-state index contributed by atoms with van der Waals surface area (Å²) in [7, 11) is 0. The van der Waals surface area contributed by atoms with Crippen LogP contribution in [0.2, 0.25) is 0 Å². The molecular formula is C27H26N2O3.